The number of furan rings is 1. The number of aryl methyl sites for hydroxylation is 1. The highest BCUT2D eigenvalue weighted by molar-refractivity contribution is 6.11. The number of nitrogens with one attached hydrogen (secondary N) is 1. The summed E-state index contributed by atoms with van der Waals surface area (Å²) >= 11 is 0. The molecule has 1 amide bonds. The standard InChI is InChI=1S/C25H24FN3O2/c1-15-14-17-6-3-4-8-21(17)29(15)25(30)24-16(2)23-20(7-5-9-22(23)31-24)28-27-19-12-10-18(26)11-13-19/h3-4,6,8,10-13,15,27H,5,7,9,14H2,1-2H3/b28-20+. The highest BCUT2D eigenvalue weighted by Crippen LogP contribution is 2.36. The molecule has 158 valence electrons. The van der Waals surface area contributed by atoms with Crippen LogP contribution in [0.5, 0.6) is 0 Å². The summed E-state index contributed by atoms with van der Waals surface area (Å²) in [4.78, 5) is 15.4. The van der Waals surface area contributed by atoms with Gasteiger partial charge in [-0.25, -0.2) is 4.39 Å². The predicted molar refractivity (Wildman–Crippen MR) is 119 cm³/mol. The lowest BCUT2D eigenvalue weighted by Crippen LogP contribution is -2.35. The van der Waals surface area contributed by atoms with E-state index in [-0.39, 0.29) is 17.8 Å². The summed E-state index contributed by atoms with van der Waals surface area (Å²) in [5, 5.41) is 4.57. The Morgan fingerprint density at radius 1 is 1.16 bits per heavy atom. The van der Waals surface area contributed by atoms with Crippen LogP contribution in [0, 0.1) is 12.7 Å². The number of hydrogen-bond acceptors (Lipinski definition) is 4. The first kappa shape index (κ1) is 19.5. The van der Waals surface area contributed by atoms with Crippen molar-refractivity contribution in [3.63, 3.8) is 0 Å². The van der Waals surface area contributed by atoms with E-state index in [4.69, 9.17) is 4.42 Å². The van der Waals surface area contributed by atoms with Crippen LogP contribution in [0.25, 0.3) is 0 Å². The maximum atomic E-state index is 13.5. The largest absolute Gasteiger partial charge is 0.455 e. The summed E-state index contributed by atoms with van der Waals surface area (Å²) in [5.41, 5.74) is 8.47. The Morgan fingerprint density at radius 3 is 2.74 bits per heavy atom. The van der Waals surface area contributed by atoms with Gasteiger partial charge in [0.2, 0.25) is 0 Å². The number of halogens is 1. The van der Waals surface area contributed by atoms with E-state index in [1.54, 1.807) is 12.1 Å². The molecule has 0 radical (unpaired) electrons. The molecule has 1 unspecified atom stereocenters. The molecule has 31 heavy (non-hydrogen) atoms. The van der Waals surface area contributed by atoms with E-state index in [9.17, 15) is 9.18 Å². The van der Waals surface area contributed by atoms with Crippen molar-refractivity contribution in [3.05, 3.63) is 82.6 Å². The molecule has 0 fully saturated rings. The number of nitrogens with zero attached hydrogens (tertiary/aromatic N) is 2. The van der Waals surface area contributed by atoms with Crippen molar-refractivity contribution in [3.8, 4) is 0 Å². The van der Waals surface area contributed by atoms with Crippen LogP contribution in [0.3, 0.4) is 0 Å². The lowest BCUT2D eigenvalue weighted by atomic mass is 9.93. The Hall–Kier alpha value is -3.41. The van der Waals surface area contributed by atoms with Crippen LogP contribution in [0.1, 0.15) is 52.8 Å². The van der Waals surface area contributed by atoms with Gasteiger partial charge in [0, 0.05) is 29.3 Å². The molecular formula is C25H24FN3O2. The fourth-order valence-electron chi connectivity index (χ4n) is 4.62. The lowest BCUT2D eigenvalue weighted by molar-refractivity contribution is 0.0952. The Morgan fingerprint density at radius 2 is 1.94 bits per heavy atom. The minimum absolute atomic E-state index is 0.0831. The van der Waals surface area contributed by atoms with Crippen molar-refractivity contribution in [1.82, 2.24) is 0 Å². The number of fused-ring (bicyclic) bond motifs is 2. The Labute approximate surface area is 180 Å². The molecule has 5 nitrogen and oxygen atoms in total. The van der Waals surface area contributed by atoms with Crippen molar-refractivity contribution in [2.75, 3.05) is 10.3 Å². The number of para-hydroxylation sites is 1. The second-order valence-electron chi connectivity index (χ2n) is 8.24. The van der Waals surface area contributed by atoms with Gasteiger partial charge in [-0.15, -0.1) is 0 Å². The summed E-state index contributed by atoms with van der Waals surface area (Å²) in [5.74, 6) is 0.816. The molecule has 5 rings (SSSR count). The van der Waals surface area contributed by atoms with Crippen LogP contribution in [-0.2, 0) is 12.8 Å². The minimum Gasteiger partial charge on any atom is -0.455 e. The number of hydrazone groups is 1. The Bertz CT molecular complexity index is 1180. The zero-order chi connectivity index (χ0) is 21.5. The zero-order valence-electron chi connectivity index (χ0n) is 17.6. The van der Waals surface area contributed by atoms with Gasteiger partial charge in [-0.3, -0.25) is 10.2 Å². The second-order valence-corrected chi connectivity index (χ2v) is 8.24. The molecule has 3 aromatic rings. The zero-order valence-corrected chi connectivity index (χ0v) is 17.6. The van der Waals surface area contributed by atoms with Crippen molar-refractivity contribution in [2.24, 2.45) is 5.10 Å². The molecule has 1 aliphatic carbocycles. The topological polar surface area (TPSA) is 57.8 Å². The first-order valence-electron chi connectivity index (χ1n) is 10.6. The van der Waals surface area contributed by atoms with E-state index in [2.05, 4.69) is 23.5 Å². The molecule has 0 spiro atoms. The Kier molecular flexibility index (Phi) is 4.85. The summed E-state index contributed by atoms with van der Waals surface area (Å²) in [6, 6.07) is 14.2. The quantitative estimate of drug-likeness (QED) is 0.575. The minimum atomic E-state index is -0.287. The number of rotatable bonds is 3. The van der Waals surface area contributed by atoms with Gasteiger partial charge in [-0.1, -0.05) is 18.2 Å². The molecule has 1 atom stereocenters. The highest BCUT2D eigenvalue weighted by atomic mass is 19.1. The molecule has 2 aromatic carbocycles. The van der Waals surface area contributed by atoms with Gasteiger partial charge < -0.3 is 9.32 Å². The molecule has 2 heterocycles. The normalized spacial score (nSPS) is 18.7. The predicted octanol–water partition coefficient (Wildman–Crippen LogP) is 5.47. The van der Waals surface area contributed by atoms with E-state index in [0.29, 0.717) is 11.4 Å². The van der Waals surface area contributed by atoms with Gasteiger partial charge in [0.25, 0.3) is 5.91 Å². The maximum Gasteiger partial charge on any atom is 0.294 e. The summed E-state index contributed by atoms with van der Waals surface area (Å²) in [6.45, 7) is 4.00. The van der Waals surface area contributed by atoms with Gasteiger partial charge in [-0.05, 0) is 69.0 Å². The van der Waals surface area contributed by atoms with E-state index in [1.165, 1.54) is 17.7 Å². The number of hydrogen-bond donors (Lipinski definition) is 1. The number of amides is 1. The van der Waals surface area contributed by atoms with Crippen molar-refractivity contribution >= 4 is 23.0 Å². The lowest BCUT2D eigenvalue weighted by Gasteiger charge is -2.21. The number of anilines is 2. The third kappa shape index (κ3) is 3.42. The molecular weight excluding hydrogens is 393 g/mol. The molecule has 0 saturated carbocycles. The van der Waals surface area contributed by atoms with E-state index < -0.39 is 0 Å². The average Bonchev–Trinajstić information content (AvgIpc) is 3.29. The third-order valence-electron chi connectivity index (χ3n) is 6.11. The van der Waals surface area contributed by atoms with Crippen LogP contribution >= 0.6 is 0 Å². The number of carbonyl (C=O) groups excluding carboxylic acids is 1. The van der Waals surface area contributed by atoms with Gasteiger partial charge in [0.1, 0.15) is 11.6 Å². The van der Waals surface area contributed by atoms with Crippen LogP contribution in [-0.4, -0.2) is 17.7 Å². The maximum absolute atomic E-state index is 13.5. The van der Waals surface area contributed by atoms with E-state index >= 15 is 0 Å². The van der Waals surface area contributed by atoms with Gasteiger partial charge >= 0.3 is 0 Å². The van der Waals surface area contributed by atoms with Crippen LogP contribution in [0.2, 0.25) is 0 Å². The van der Waals surface area contributed by atoms with Crippen LogP contribution in [0.15, 0.2) is 58.0 Å². The molecule has 6 heteroatoms. The van der Waals surface area contributed by atoms with E-state index in [0.717, 1.165) is 54.0 Å². The van der Waals surface area contributed by atoms with Crippen LogP contribution in [0.4, 0.5) is 15.8 Å². The van der Waals surface area contributed by atoms with Crippen molar-refractivity contribution in [2.45, 2.75) is 45.6 Å². The SMILES string of the molecule is Cc1c(C(=O)N2c3ccccc3CC2C)oc2c1/C(=N/Nc1ccc(F)cc1)CCC2. The number of carbonyl (C=O) groups is 1. The molecule has 2 aliphatic rings. The van der Waals surface area contributed by atoms with Crippen molar-refractivity contribution < 1.29 is 13.6 Å². The first-order valence-corrected chi connectivity index (χ1v) is 10.6. The van der Waals surface area contributed by atoms with Gasteiger partial charge in [0.15, 0.2) is 5.76 Å². The average molecular weight is 417 g/mol. The smallest absolute Gasteiger partial charge is 0.294 e. The third-order valence-corrected chi connectivity index (χ3v) is 6.11. The monoisotopic (exact) mass is 417 g/mol. The van der Waals surface area contributed by atoms with Crippen molar-refractivity contribution in [1.29, 1.82) is 0 Å². The molecule has 1 aliphatic heterocycles. The molecule has 0 saturated heterocycles. The molecule has 1 N–H and O–H groups in total. The van der Waals surface area contributed by atoms with Crippen LogP contribution < -0.4 is 10.3 Å². The summed E-state index contributed by atoms with van der Waals surface area (Å²) in [6.07, 6.45) is 3.32. The molecule has 1 aromatic heterocycles. The fourth-order valence-corrected chi connectivity index (χ4v) is 4.62. The van der Waals surface area contributed by atoms with E-state index in [1.807, 2.05) is 30.0 Å². The summed E-state index contributed by atoms with van der Waals surface area (Å²) in [7, 11) is 0. The highest BCUT2D eigenvalue weighted by Gasteiger charge is 2.36. The number of benzene rings is 2. The van der Waals surface area contributed by atoms with Gasteiger partial charge in [-0.2, -0.15) is 5.10 Å². The fraction of sp³-hybridized carbons (Fsp3) is 0.280. The van der Waals surface area contributed by atoms with Gasteiger partial charge in [0.05, 0.1) is 11.4 Å². The second kappa shape index (κ2) is 7.69. The summed E-state index contributed by atoms with van der Waals surface area (Å²) < 4.78 is 19.3. The first-order chi connectivity index (χ1) is 15.0. The Balaban J connectivity index is 1.47. The molecule has 0 bridgehead atoms.